The summed E-state index contributed by atoms with van der Waals surface area (Å²) in [5.41, 5.74) is 12.5. The van der Waals surface area contributed by atoms with E-state index in [1.165, 1.54) is 0 Å². The third-order valence-corrected chi connectivity index (χ3v) is 2.69. The number of rotatable bonds is 2. The topological polar surface area (TPSA) is 81.1 Å². The Morgan fingerprint density at radius 1 is 1.53 bits per heavy atom. The minimum Gasteiger partial charge on any atom is -0.368 e. The average Bonchev–Trinajstić information content (AvgIpc) is 2.64. The minimum atomic E-state index is 0.256. The highest BCUT2D eigenvalue weighted by molar-refractivity contribution is 5.44. The third kappa shape index (κ3) is 2.18. The average molecular weight is 207 g/mol. The van der Waals surface area contributed by atoms with Crippen LogP contribution in [0.2, 0.25) is 0 Å². The fraction of sp³-hybridized carbons (Fsp3) is 0.600. The van der Waals surface area contributed by atoms with Crippen molar-refractivity contribution >= 4 is 11.8 Å². The van der Waals surface area contributed by atoms with Crippen LogP contribution in [0.15, 0.2) is 6.07 Å². The predicted molar refractivity (Wildman–Crippen MR) is 60.6 cm³/mol. The summed E-state index contributed by atoms with van der Waals surface area (Å²) in [6, 6.07) is 2.25. The smallest absolute Gasteiger partial charge is 0.222 e. The Labute approximate surface area is 89.5 Å². The lowest BCUT2D eigenvalue weighted by Gasteiger charge is -2.17. The zero-order valence-corrected chi connectivity index (χ0v) is 8.98. The molecule has 0 bridgehead atoms. The van der Waals surface area contributed by atoms with Crippen molar-refractivity contribution in [2.24, 2.45) is 5.73 Å². The van der Waals surface area contributed by atoms with Gasteiger partial charge in [-0.1, -0.05) is 6.92 Å². The van der Waals surface area contributed by atoms with Gasteiger partial charge in [-0.2, -0.15) is 4.98 Å². The molecule has 0 spiro atoms. The number of nitrogens with zero attached hydrogens (tertiary/aromatic N) is 3. The first-order chi connectivity index (χ1) is 7.19. The first-order valence-electron chi connectivity index (χ1n) is 5.33. The number of hydrogen-bond donors (Lipinski definition) is 2. The first kappa shape index (κ1) is 10.2. The molecule has 15 heavy (non-hydrogen) atoms. The highest BCUT2D eigenvalue weighted by Crippen LogP contribution is 2.19. The normalized spacial score (nSPS) is 20.9. The molecule has 2 heterocycles. The van der Waals surface area contributed by atoms with Gasteiger partial charge >= 0.3 is 0 Å². The first-order valence-corrected chi connectivity index (χ1v) is 5.33. The van der Waals surface area contributed by atoms with E-state index >= 15 is 0 Å². The molecule has 0 radical (unpaired) electrons. The van der Waals surface area contributed by atoms with Crippen LogP contribution < -0.4 is 16.4 Å². The highest BCUT2D eigenvalue weighted by Gasteiger charge is 2.20. The Bertz CT molecular complexity index is 352. The number of aromatic nitrogens is 2. The van der Waals surface area contributed by atoms with Crippen molar-refractivity contribution in [1.29, 1.82) is 0 Å². The van der Waals surface area contributed by atoms with E-state index in [4.69, 9.17) is 11.5 Å². The van der Waals surface area contributed by atoms with E-state index < -0.39 is 0 Å². The van der Waals surface area contributed by atoms with Gasteiger partial charge in [-0.3, -0.25) is 0 Å². The zero-order valence-electron chi connectivity index (χ0n) is 8.98. The molecule has 1 saturated heterocycles. The number of nitrogen functional groups attached to an aromatic ring is 1. The summed E-state index contributed by atoms with van der Waals surface area (Å²) in [7, 11) is 0. The fourth-order valence-corrected chi connectivity index (χ4v) is 1.84. The molecule has 0 aliphatic carbocycles. The van der Waals surface area contributed by atoms with E-state index in [-0.39, 0.29) is 6.04 Å². The molecule has 1 aromatic rings. The molecule has 2 rings (SSSR count). The molecule has 5 nitrogen and oxygen atoms in total. The quantitative estimate of drug-likeness (QED) is 0.722. The van der Waals surface area contributed by atoms with Crippen molar-refractivity contribution in [2.75, 3.05) is 23.7 Å². The molecule has 1 aliphatic heterocycles. The van der Waals surface area contributed by atoms with Gasteiger partial charge in [0.15, 0.2) is 0 Å². The van der Waals surface area contributed by atoms with Crippen LogP contribution in [-0.4, -0.2) is 29.1 Å². The molecule has 1 aromatic heterocycles. The number of nitrogens with two attached hydrogens (primary N) is 2. The summed E-state index contributed by atoms with van der Waals surface area (Å²) in [5.74, 6) is 1.26. The predicted octanol–water partition coefficient (Wildman–Crippen LogP) is 0.159. The summed E-state index contributed by atoms with van der Waals surface area (Å²) in [4.78, 5) is 10.6. The summed E-state index contributed by atoms with van der Waals surface area (Å²) in [6.45, 7) is 3.88. The van der Waals surface area contributed by atoms with Crippen molar-refractivity contribution in [3.05, 3.63) is 11.8 Å². The lowest BCUT2D eigenvalue weighted by Crippen LogP contribution is -2.27. The van der Waals surface area contributed by atoms with Crippen LogP contribution in [0.3, 0.4) is 0 Å². The van der Waals surface area contributed by atoms with E-state index in [0.29, 0.717) is 5.95 Å². The van der Waals surface area contributed by atoms with Gasteiger partial charge in [0.25, 0.3) is 0 Å². The fourth-order valence-electron chi connectivity index (χ4n) is 1.84. The van der Waals surface area contributed by atoms with Gasteiger partial charge in [-0.15, -0.1) is 0 Å². The Balaban J connectivity index is 2.24. The molecule has 4 N–H and O–H groups in total. The summed E-state index contributed by atoms with van der Waals surface area (Å²) < 4.78 is 0. The van der Waals surface area contributed by atoms with Crippen LogP contribution in [0.4, 0.5) is 11.8 Å². The molecule has 0 unspecified atom stereocenters. The van der Waals surface area contributed by atoms with Crippen LogP contribution in [0.5, 0.6) is 0 Å². The van der Waals surface area contributed by atoms with Gasteiger partial charge in [0.1, 0.15) is 5.82 Å². The maximum absolute atomic E-state index is 5.85. The largest absolute Gasteiger partial charge is 0.368 e. The second-order valence-corrected chi connectivity index (χ2v) is 3.92. The second-order valence-electron chi connectivity index (χ2n) is 3.92. The molecule has 1 fully saturated rings. The van der Waals surface area contributed by atoms with Crippen LogP contribution in [-0.2, 0) is 6.42 Å². The van der Waals surface area contributed by atoms with Crippen LogP contribution >= 0.6 is 0 Å². The van der Waals surface area contributed by atoms with Gasteiger partial charge < -0.3 is 16.4 Å². The number of hydrogen-bond acceptors (Lipinski definition) is 5. The Morgan fingerprint density at radius 2 is 2.33 bits per heavy atom. The Hall–Kier alpha value is -1.36. The maximum atomic E-state index is 5.85. The number of anilines is 2. The molecule has 82 valence electrons. The van der Waals surface area contributed by atoms with E-state index in [0.717, 1.165) is 37.4 Å². The van der Waals surface area contributed by atoms with Gasteiger partial charge in [-0.25, -0.2) is 4.98 Å². The van der Waals surface area contributed by atoms with Crippen LogP contribution in [0.25, 0.3) is 0 Å². The van der Waals surface area contributed by atoms with Crippen molar-refractivity contribution in [1.82, 2.24) is 9.97 Å². The Kier molecular flexibility index (Phi) is 2.73. The SMILES string of the molecule is CCc1cc(N2CC[C@H](N)C2)nc(N)n1. The molecular formula is C10H17N5. The molecule has 1 aliphatic rings. The zero-order chi connectivity index (χ0) is 10.8. The van der Waals surface area contributed by atoms with E-state index in [2.05, 4.69) is 21.8 Å². The van der Waals surface area contributed by atoms with E-state index in [1.807, 2.05) is 6.07 Å². The summed E-state index contributed by atoms with van der Waals surface area (Å²) >= 11 is 0. The monoisotopic (exact) mass is 207 g/mol. The lowest BCUT2D eigenvalue weighted by molar-refractivity contribution is 0.751. The van der Waals surface area contributed by atoms with Crippen molar-refractivity contribution in [3.8, 4) is 0 Å². The molecule has 1 atom stereocenters. The van der Waals surface area contributed by atoms with E-state index in [9.17, 15) is 0 Å². The molecule has 0 saturated carbocycles. The van der Waals surface area contributed by atoms with Crippen LogP contribution in [0.1, 0.15) is 19.0 Å². The molecule has 0 aromatic carbocycles. The van der Waals surface area contributed by atoms with Crippen molar-refractivity contribution < 1.29 is 0 Å². The highest BCUT2D eigenvalue weighted by atomic mass is 15.2. The van der Waals surface area contributed by atoms with Crippen molar-refractivity contribution in [3.63, 3.8) is 0 Å². The Morgan fingerprint density at radius 3 is 2.93 bits per heavy atom. The number of aryl methyl sites for hydroxylation is 1. The third-order valence-electron chi connectivity index (χ3n) is 2.69. The summed E-state index contributed by atoms with van der Waals surface area (Å²) in [5, 5.41) is 0. The molecular weight excluding hydrogens is 190 g/mol. The van der Waals surface area contributed by atoms with Gasteiger partial charge in [0.2, 0.25) is 5.95 Å². The van der Waals surface area contributed by atoms with Gasteiger partial charge in [0.05, 0.1) is 0 Å². The van der Waals surface area contributed by atoms with E-state index in [1.54, 1.807) is 0 Å². The van der Waals surface area contributed by atoms with Crippen LogP contribution in [0, 0.1) is 0 Å². The van der Waals surface area contributed by atoms with Crippen molar-refractivity contribution in [2.45, 2.75) is 25.8 Å². The summed E-state index contributed by atoms with van der Waals surface area (Å²) in [6.07, 6.45) is 1.89. The van der Waals surface area contributed by atoms with Gasteiger partial charge in [0, 0.05) is 30.9 Å². The lowest BCUT2D eigenvalue weighted by atomic mass is 10.3. The molecule has 0 amide bonds. The second kappa shape index (κ2) is 4.02. The maximum Gasteiger partial charge on any atom is 0.222 e. The van der Waals surface area contributed by atoms with Gasteiger partial charge in [-0.05, 0) is 12.8 Å². The molecule has 5 heteroatoms. The standard InChI is InChI=1S/C10H17N5/c1-2-8-5-9(14-10(12)13-8)15-4-3-7(11)6-15/h5,7H,2-4,6,11H2,1H3,(H2,12,13,14)/t7-/m0/s1. The minimum absolute atomic E-state index is 0.256.